The molecule has 2 aromatic carbocycles. The van der Waals surface area contributed by atoms with Crippen LogP contribution in [0.3, 0.4) is 0 Å². The molecule has 0 spiro atoms. The van der Waals surface area contributed by atoms with Gasteiger partial charge in [-0.05, 0) is 60.3 Å². The zero-order chi connectivity index (χ0) is 18.3. The molecule has 0 aliphatic rings. The number of benzene rings is 2. The van der Waals surface area contributed by atoms with E-state index in [9.17, 15) is 4.79 Å². The molecule has 0 fully saturated rings. The van der Waals surface area contributed by atoms with Gasteiger partial charge < -0.3 is 9.72 Å². The SMILES string of the molecule is COc1ccc(-c2nc(C)n(C)c(=O)c2-c2ccc3[nH]ccc3c2)cc1. The van der Waals surface area contributed by atoms with Crippen LogP contribution >= 0.6 is 0 Å². The molecule has 5 nitrogen and oxygen atoms in total. The molecule has 0 unspecified atom stereocenters. The number of aromatic amines is 1. The van der Waals surface area contributed by atoms with Gasteiger partial charge >= 0.3 is 0 Å². The lowest BCUT2D eigenvalue weighted by Crippen LogP contribution is -2.23. The zero-order valence-corrected chi connectivity index (χ0v) is 14.9. The van der Waals surface area contributed by atoms with Crippen LogP contribution in [-0.4, -0.2) is 21.6 Å². The van der Waals surface area contributed by atoms with Crippen LogP contribution in [0.2, 0.25) is 0 Å². The second-order valence-electron chi connectivity index (χ2n) is 6.25. The fourth-order valence-electron chi connectivity index (χ4n) is 3.14. The number of methoxy groups -OCH3 is 1. The van der Waals surface area contributed by atoms with Gasteiger partial charge in [0.25, 0.3) is 5.56 Å². The topological polar surface area (TPSA) is 59.9 Å². The lowest BCUT2D eigenvalue weighted by molar-refractivity contribution is 0.415. The molecule has 0 amide bonds. The highest BCUT2D eigenvalue weighted by Gasteiger charge is 2.17. The van der Waals surface area contributed by atoms with Gasteiger partial charge in [0.2, 0.25) is 0 Å². The lowest BCUT2D eigenvalue weighted by atomic mass is 9.99. The number of nitrogens with zero attached hydrogens (tertiary/aromatic N) is 2. The molecular weight excluding hydrogens is 326 g/mol. The van der Waals surface area contributed by atoms with Gasteiger partial charge in [-0.25, -0.2) is 4.98 Å². The maximum atomic E-state index is 13.1. The molecule has 26 heavy (non-hydrogen) atoms. The number of hydrogen-bond donors (Lipinski definition) is 1. The Kier molecular flexibility index (Phi) is 3.84. The number of hydrogen-bond acceptors (Lipinski definition) is 3. The fourth-order valence-corrected chi connectivity index (χ4v) is 3.14. The summed E-state index contributed by atoms with van der Waals surface area (Å²) in [5, 5.41) is 1.06. The Morgan fingerprint density at radius 3 is 2.50 bits per heavy atom. The number of H-pyrrole nitrogens is 1. The molecule has 1 N–H and O–H groups in total. The van der Waals surface area contributed by atoms with Crippen LogP contribution in [0.25, 0.3) is 33.3 Å². The Labute approximate surface area is 150 Å². The van der Waals surface area contributed by atoms with Gasteiger partial charge in [0.1, 0.15) is 11.6 Å². The van der Waals surface area contributed by atoms with Gasteiger partial charge in [-0.3, -0.25) is 9.36 Å². The van der Waals surface area contributed by atoms with Crippen molar-refractivity contribution in [1.82, 2.24) is 14.5 Å². The maximum absolute atomic E-state index is 13.1. The van der Waals surface area contributed by atoms with Crippen molar-refractivity contribution in [3.05, 3.63) is 70.9 Å². The first-order valence-corrected chi connectivity index (χ1v) is 8.38. The highest BCUT2D eigenvalue weighted by molar-refractivity contribution is 5.88. The average Bonchev–Trinajstić information content (AvgIpc) is 3.13. The van der Waals surface area contributed by atoms with Crippen molar-refractivity contribution in [3.63, 3.8) is 0 Å². The van der Waals surface area contributed by atoms with Crippen molar-refractivity contribution in [2.45, 2.75) is 6.92 Å². The number of aryl methyl sites for hydroxylation is 1. The minimum atomic E-state index is -0.0572. The predicted octanol–water partition coefficient (Wildman–Crippen LogP) is 3.91. The molecule has 0 radical (unpaired) electrons. The number of ether oxygens (including phenoxy) is 1. The first kappa shape index (κ1) is 16.1. The molecule has 4 rings (SSSR count). The third-order valence-electron chi connectivity index (χ3n) is 4.72. The van der Waals surface area contributed by atoms with Gasteiger partial charge in [0.15, 0.2) is 0 Å². The average molecular weight is 345 g/mol. The van der Waals surface area contributed by atoms with Crippen molar-refractivity contribution in [2.24, 2.45) is 7.05 Å². The first-order chi connectivity index (χ1) is 12.6. The van der Waals surface area contributed by atoms with E-state index in [1.807, 2.05) is 61.7 Å². The van der Waals surface area contributed by atoms with Crippen LogP contribution in [0.4, 0.5) is 0 Å². The van der Waals surface area contributed by atoms with Crippen molar-refractivity contribution in [3.8, 4) is 28.1 Å². The van der Waals surface area contributed by atoms with Crippen molar-refractivity contribution >= 4 is 10.9 Å². The lowest BCUT2D eigenvalue weighted by Gasteiger charge is -2.13. The largest absolute Gasteiger partial charge is 0.497 e. The molecule has 0 saturated heterocycles. The summed E-state index contributed by atoms with van der Waals surface area (Å²) in [6, 6.07) is 15.6. The molecule has 0 atom stereocenters. The van der Waals surface area contributed by atoms with Crippen LogP contribution in [0.15, 0.2) is 59.5 Å². The van der Waals surface area contributed by atoms with E-state index in [4.69, 9.17) is 9.72 Å². The van der Waals surface area contributed by atoms with Crippen molar-refractivity contribution < 1.29 is 4.74 Å². The van der Waals surface area contributed by atoms with Crippen LogP contribution < -0.4 is 10.3 Å². The summed E-state index contributed by atoms with van der Waals surface area (Å²) >= 11 is 0. The molecular formula is C21H19N3O2. The molecule has 4 aromatic rings. The predicted molar refractivity (Wildman–Crippen MR) is 103 cm³/mol. The normalized spacial score (nSPS) is 11.0. The van der Waals surface area contributed by atoms with Gasteiger partial charge in [-0.15, -0.1) is 0 Å². The molecule has 0 aliphatic heterocycles. The van der Waals surface area contributed by atoms with E-state index >= 15 is 0 Å². The van der Waals surface area contributed by atoms with E-state index in [1.54, 1.807) is 18.7 Å². The van der Waals surface area contributed by atoms with Gasteiger partial charge in [-0.2, -0.15) is 0 Å². The highest BCUT2D eigenvalue weighted by Crippen LogP contribution is 2.30. The smallest absolute Gasteiger partial charge is 0.261 e. The monoisotopic (exact) mass is 345 g/mol. The number of nitrogens with one attached hydrogen (secondary N) is 1. The molecule has 130 valence electrons. The summed E-state index contributed by atoms with van der Waals surface area (Å²) in [6.07, 6.45) is 1.89. The quantitative estimate of drug-likeness (QED) is 0.612. The summed E-state index contributed by atoms with van der Waals surface area (Å²) < 4.78 is 6.82. The molecule has 2 aromatic heterocycles. The Hall–Kier alpha value is -3.34. The molecule has 0 bridgehead atoms. The van der Waals surface area contributed by atoms with Crippen LogP contribution in [0.5, 0.6) is 5.75 Å². The van der Waals surface area contributed by atoms with Crippen LogP contribution in [0.1, 0.15) is 5.82 Å². The zero-order valence-electron chi connectivity index (χ0n) is 14.9. The molecule has 2 heterocycles. The molecule has 5 heteroatoms. The van der Waals surface area contributed by atoms with E-state index in [-0.39, 0.29) is 5.56 Å². The summed E-state index contributed by atoms with van der Waals surface area (Å²) in [5.41, 5.74) is 4.01. The van der Waals surface area contributed by atoms with E-state index in [2.05, 4.69) is 4.98 Å². The van der Waals surface area contributed by atoms with E-state index in [1.165, 1.54) is 0 Å². The van der Waals surface area contributed by atoms with Crippen LogP contribution in [0, 0.1) is 6.92 Å². The van der Waals surface area contributed by atoms with Crippen LogP contribution in [-0.2, 0) is 7.05 Å². The Morgan fingerprint density at radius 1 is 1.04 bits per heavy atom. The Morgan fingerprint density at radius 2 is 1.77 bits per heavy atom. The first-order valence-electron chi connectivity index (χ1n) is 8.38. The summed E-state index contributed by atoms with van der Waals surface area (Å²) in [6.45, 7) is 1.84. The second-order valence-corrected chi connectivity index (χ2v) is 6.25. The second kappa shape index (κ2) is 6.19. The van der Waals surface area contributed by atoms with Crippen molar-refractivity contribution in [1.29, 1.82) is 0 Å². The van der Waals surface area contributed by atoms with E-state index in [0.29, 0.717) is 17.1 Å². The third kappa shape index (κ3) is 2.58. The summed E-state index contributed by atoms with van der Waals surface area (Å²) in [7, 11) is 3.38. The Balaban J connectivity index is 2.00. The van der Waals surface area contributed by atoms with E-state index in [0.717, 1.165) is 27.8 Å². The number of rotatable bonds is 3. The van der Waals surface area contributed by atoms with Gasteiger partial charge in [-0.1, -0.05) is 6.07 Å². The van der Waals surface area contributed by atoms with Crippen molar-refractivity contribution in [2.75, 3.05) is 7.11 Å². The fraction of sp³-hybridized carbons (Fsp3) is 0.143. The summed E-state index contributed by atoms with van der Waals surface area (Å²) in [4.78, 5) is 21.0. The molecule has 0 aliphatic carbocycles. The Bertz CT molecular complexity index is 1150. The minimum Gasteiger partial charge on any atom is -0.497 e. The standard InChI is InChI=1S/C21H19N3O2/c1-13-23-20(14-4-7-17(26-3)8-5-14)19(21(25)24(13)2)16-6-9-18-15(12-16)10-11-22-18/h4-12,22H,1-3H3. The van der Waals surface area contributed by atoms with Gasteiger partial charge in [0.05, 0.1) is 18.4 Å². The number of fused-ring (bicyclic) bond motifs is 1. The minimum absolute atomic E-state index is 0.0572. The van der Waals surface area contributed by atoms with Gasteiger partial charge in [0, 0.05) is 24.3 Å². The van der Waals surface area contributed by atoms with E-state index < -0.39 is 0 Å². The molecule has 0 saturated carbocycles. The third-order valence-corrected chi connectivity index (χ3v) is 4.72. The number of aromatic nitrogens is 3. The summed E-state index contributed by atoms with van der Waals surface area (Å²) in [5.74, 6) is 1.44. The maximum Gasteiger partial charge on any atom is 0.261 e. The highest BCUT2D eigenvalue weighted by atomic mass is 16.5.